The first-order chi connectivity index (χ1) is 13.6. The van der Waals surface area contributed by atoms with Crippen molar-refractivity contribution in [2.24, 2.45) is 0 Å². The van der Waals surface area contributed by atoms with E-state index in [0.717, 1.165) is 4.31 Å². The van der Waals surface area contributed by atoms with Gasteiger partial charge in [-0.05, 0) is 38.1 Å². The second-order valence-corrected chi connectivity index (χ2v) is 8.74. The van der Waals surface area contributed by atoms with Crippen LogP contribution in [0.1, 0.15) is 34.6 Å². The number of carbonyl (C=O) groups is 2. The van der Waals surface area contributed by atoms with Crippen molar-refractivity contribution in [1.29, 1.82) is 0 Å². The summed E-state index contributed by atoms with van der Waals surface area (Å²) in [4.78, 5) is 24.9. The highest BCUT2D eigenvalue weighted by Crippen LogP contribution is 2.37. The minimum Gasteiger partial charge on any atom is -0.495 e. The third-order valence-corrected chi connectivity index (χ3v) is 6.70. The van der Waals surface area contributed by atoms with Crippen LogP contribution < -0.4 is 14.8 Å². The van der Waals surface area contributed by atoms with Gasteiger partial charge in [0.25, 0.3) is 21.8 Å². The lowest BCUT2D eigenvalue weighted by Gasteiger charge is -2.18. The van der Waals surface area contributed by atoms with Gasteiger partial charge in [-0.3, -0.25) is 9.59 Å². The van der Waals surface area contributed by atoms with Gasteiger partial charge >= 0.3 is 0 Å². The fraction of sp³-hybridized carbons (Fsp3) is 0.263. The predicted molar refractivity (Wildman–Crippen MR) is 107 cm³/mol. The molecule has 10 heteroatoms. The summed E-state index contributed by atoms with van der Waals surface area (Å²) in [5, 5.41) is 2.90. The number of nitrogens with one attached hydrogen (secondary N) is 1. The molecular formula is C19H19ClN2O6S. The van der Waals surface area contributed by atoms with Gasteiger partial charge in [0.2, 0.25) is 0 Å². The summed E-state index contributed by atoms with van der Waals surface area (Å²) in [5.41, 5.74) is 0.395. The van der Waals surface area contributed by atoms with E-state index in [1.807, 2.05) is 0 Å². The number of anilines is 1. The maximum absolute atomic E-state index is 12.7. The van der Waals surface area contributed by atoms with Crippen molar-refractivity contribution in [3.05, 3.63) is 46.5 Å². The third kappa shape index (κ3) is 3.51. The van der Waals surface area contributed by atoms with Crippen molar-refractivity contribution in [2.45, 2.75) is 24.8 Å². The summed E-state index contributed by atoms with van der Waals surface area (Å²) in [6.07, 6.45) is 0. The van der Waals surface area contributed by atoms with Gasteiger partial charge in [0.05, 0.1) is 30.5 Å². The standard InChI is InChI=1S/C19H19ClN2O6S/c1-10(2)22-19(24)12-6-5-11(7-17(12)29(22,25)26)18(23)21-14-8-13(20)15(27-3)9-16(14)28-4/h5-10H,1-4H3,(H,21,23). The molecule has 1 heterocycles. The molecule has 0 bridgehead atoms. The molecule has 3 rings (SSSR count). The molecule has 2 aromatic carbocycles. The van der Waals surface area contributed by atoms with Gasteiger partial charge in [-0.15, -0.1) is 0 Å². The van der Waals surface area contributed by atoms with Gasteiger partial charge in [-0.1, -0.05) is 11.6 Å². The van der Waals surface area contributed by atoms with Crippen molar-refractivity contribution < 1.29 is 27.5 Å². The topological polar surface area (TPSA) is 102 Å². The van der Waals surface area contributed by atoms with E-state index in [1.54, 1.807) is 13.8 Å². The van der Waals surface area contributed by atoms with Crippen LogP contribution in [0.25, 0.3) is 0 Å². The fourth-order valence-electron chi connectivity index (χ4n) is 3.05. The number of benzene rings is 2. The van der Waals surface area contributed by atoms with E-state index in [9.17, 15) is 18.0 Å². The van der Waals surface area contributed by atoms with Gasteiger partial charge in [0.1, 0.15) is 16.4 Å². The average molecular weight is 439 g/mol. The maximum atomic E-state index is 12.7. The van der Waals surface area contributed by atoms with Crippen molar-refractivity contribution >= 4 is 39.1 Å². The van der Waals surface area contributed by atoms with Crippen molar-refractivity contribution in [3.8, 4) is 11.5 Å². The summed E-state index contributed by atoms with van der Waals surface area (Å²) in [7, 11) is -1.14. The van der Waals surface area contributed by atoms with Crippen LogP contribution in [0.4, 0.5) is 5.69 Å². The molecule has 0 aromatic heterocycles. The Balaban J connectivity index is 1.97. The zero-order valence-corrected chi connectivity index (χ0v) is 17.7. The summed E-state index contributed by atoms with van der Waals surface area (Å²) in [5.74, 6) is -0.504. The summed E-state index contributed by atoms with van der Waals surface area (Å²) in [6.45, 7) is 3.21. The molecule has 0 saturated carbocycles. The molecule has 0 saturated heterocycles. The highest BCUT2D eigenvalue weighted by molar-refractivity contribution is 7.90. The second kappa shape index (κ2) is 7.57. The number of hydrogen-bond donors (Lipinski definition) is 1. The van der Waals surface area contributed by atoms with E-state index in [4.69, 9.17) is 21.1 Å². The molecule has 1 aliphatic heterocycles. The lowest BCUT2D eigenvalue weighted by molar-refractivity contribution is 0.0846. The second-order valence-electron chi connectivity index (χ2n) is 6.55. The first-order valence-corrected chi connectivity index (χ1v) is 10.4. The normalized spacial score (nSPS) is 14.7. The van der Waals surface area contributed by atoms with E-state index in [2.05, 4.69) is 5.32 Å². The van der Waals surface area contributed by atoms with E-state index in [1.165, 1.54) is 44.6 Å². The number of fused-ring (bicyclic) bond motifs is 1. The molecule has 0 aliphatic carbocycles. The lowest BCUT2D eigenvalue weighted by Crippen LogP contribution is -2.36. The van der Waals surface area contributed by atoms with Crippen LogP contribution >= 0.6 is 11.6 Å². The number of carbonyl (C=O) groups excluding carboxylic acids is 2. The van der Waals surface area contributed by atoms with Crippen LogP contribution in [0.15, 0.2) is 35.2 Å². The highest BCUT2D eigenvalue weighted by atomic mass is 35.5. The molecular weight excluding hydrogens is 420 g/mol. The molecule has 2 aromatic rings. The predicted octanol–water partition coefficient (Wildman–Crippen LogP) is 3.16. The molecule has 1 aliphatic rings. The van der Waals surface area contributed by atoms with Crippen LogP contribution in [0.2, 0.25) is 5.02 Å². The number of amides is 2. The number of sulfonamides is 1. The fourth-order valence-corrected chi connectivity index (χ4v) is 5.09. The van der Waals surface area contributed by atoms with Gasteiger partial charge in [-0.2, -0.15) is 0 Å². The van der Waals surface area contributed by atoms with Gasteiger partial charge in [0, 0.05) is 17.7 Å². The number of methoxy groups -OCH3 is 2. The number of ether oxygens (including phenoxy) is 2. The summed E-state index contributed by atoms with van der Waals surface area (Å²) in [6, 6.07) is 6.36. The first kappa shape index (κ1) is 20.9. The molecule has 1 N–H and O–H groups in total. The zero-order valence-electron chi connectivity index (χ0n) is 16.1. The Morgan fingerprint density at radius 2 is 1.76 bits per heavy atom. The Kier molecular flexibility index (Phi) is 5.46. The number of halogens is 1. The minimum absolute atomic E-state index is 0.0420. The Labute approximate surface area is 173 Å². The molecule has 29 heavy (non-hydrogen) atoms. The van der Waals surface area contributed by atoms with Gasteiger partial charge in [0.15, 0.2) is 0 Å². The van der Waals surface area contributed by atoms with Crippen molar-refractivity contribution in [1.82, 2.24) is 4.31 Å². The van der Waals surface area contributed by atoms with E-state index >= 15 is 0 Å². The summed E-state index contributed by atoms with van der Waals surface area (Å²) >= 11 is 6.11. The number of rotatable bonds is 5. The van der Waals surface area contributed by atoms with Gasteiger partial charge in [-0.25, -0.2) is 12.7 Å². The molecule has 0 atom stereocenters. The van der Waals surface area contributed by atoms with Crippen LogP contribution in [0, 0.1) is 0 Å². The van der Waals surface area contributed by atoms with Crippen molar-refractivity contribution in [3.63, 3.8) is 0 Å². The molecule has 154 valence electrons. The molecule has 0 spiro atoms. The maximum Gasteiger partial charge on any atom is 0.269 e. The first-order valence-electron chi connectivity index (χ1n) is 8.57. The zero-order chi connectivity index (χ0) is 21.5. The molecule has 0 radical (unpaired) electrons. The Morgan fingerprint density at radius 1 is 1.10 bits per heavy atom. The SMILES string of the molecule is COc1cc(OC)c(NC(=O)c2ccc3c(c2)S(=O)(=O)N(C(C)C)C3=O)cc1Cl. The summed E-state index contributed by atoms with van der Waals surface area (Å²) < 4.78 is 36.6. The quantitative estimate of drug-likeness (QED) is 0.769. The lowest BCUT2D eigenvalue weighted by atomic mass is 10.1. The third-order valence-electron chi connectivity index (χ3n) is 4.40. The van der Waals surface area contributed by atoms with Gasteiger partial charge < -0.3 is 14.8 Å². The van der Waals surface area contributed by atoms with Crippen LogP contribution in [-0.4, -0.2) is 44.8 Å². The number of hydrogen-bond acceptors (Lipinski definition) is 6. The smallest absolute Gasteiger partial charge is 0.269 e. The van der Waals surface area contributed by atoms with E-state index < -0.39 is 27.9 Å². The molecule has 2 amide bonds. The Hall–Kier alpha value is -2.78. The minimum atomic E-state index is -4.01. The van der Waals surface area contributed by atoms with E-state index in [0.29, 0.717) is 11.5 Å². The largest absolute Gasteiger partial charge is 0.495 e. The van der Waals surface area contributed by atoms with Crippen LogP contribution in [0.3, 0.4) is 0 Å². The molecule has 0 unspecified atom stereocenters. The van der Waals surface area contributed by atoms with Crippen molar-refractivity contribution in [2.75, 3.05) is 19.5 Å². The van der Waals surface area contributed by atoms with Crippen LogP contribution in [0.5, 0.6) is 11.5 Å². The average Bonchev–Trinajstić information content (AvgIpc) is 2.87. The van der Waals surface area contributed by atoms with E-state index in [-0.39, 0.29) is 26.7 Å². The monoisotopic (exact) mass is 438 g/mol. The van der Waals surface area contributed by atoms with Crippen LogP contribution in [-0.2, 0) is 10.0 Å². The number of nitrogens with zero attached hydrogens (tertiary/aromatic N) is 1. The Morgan fingerprint density at radius 3 is 2.34 bits per heavy atom. The Bertz CT molecular complexity index is 1110. The highest BCUT2D eigenvalue weighted by Gasteiger charge is 2.42. The molecule has 0 fully saturated rings. The molecule has 8 nitrogen and oxygen atoms in total.